The minimum Gasteiger partial charge on any atom is -0.451 e. The van der Waals surface area contributed by atoms with Crippen molar-refractivity contribution in [2.45, 2.75) is 45.4 Å². The Morgan fingerprint density at radius 1 is 1.07 bits per heavy atom. The number of rotatable bonds is 6. The third-order valence-electron chi connectivity index (χ3n) is 5.24. The molecule has 1 saturated heterocycles. The first kappa shape index (κ1) is 19.8. The van der Waals surface area contributed by atoms with E-state index >= 15 is 0 Å². The Morgan fingerprint density at radius 3 is 2.21 bits per heavy atom. The van der Waals surface area contributed by atoms with Crippen LogP contribution in [-0.4, -0.2) is 40.7 Å². The third kappa shape index (κ3) is 3.98. The Bertz CT molecular complexity index is 778. The highest BCUT2D eigenvalue weighted by molar-refractivity contribution is 6.08. The number of carbonyl (C=O) groups is 4. The monoisotopic (exact) mass is 384 g/mol. The first-order valence-electron chi connectivity index (χ1n) is 9.44. The van der Waals surface area contributed by atoms with Crippen LogP contribution in [0.5, 0.6) is 0 Å². The van der Waals surface area contributed by atoms with Crippen molar-refractivity contribution in [2.75, 3.05) is 0 Å². The van der Waals surface area contributed by atoms with Crippen LogP contribution in [0, 0.1) is 11.8 Å². The lowest BCUT2D eigenvalue weighted by molar-refractivity contribution is -0.164. The molecule has 4 atom stereocenters. The maximum atomic E-state index is 12.6. The van der Waals surface area contributed by atoms with Crippen molar-refractivity contribution >= 4 is 23.7 Å². The fourth-order valence-corrected chi connectivity index (χ4v) is 3.57. The Hall–Kier alpha value is -2.96. The number of carbonyl (C=O) groups excluding carboxylic acids is 4. The van der Waals surface area contributed by atoms with Crippen molar-refractivity contribution in [1.82, 2.24) is 10.2 Å². The van der Waals surface area contributed by atoms with Crippen molar-refractivity contribution < 1.29 is 23.9 Å². The van der Waals surface area contributed by atoms with Gasteiger partial charge in [0.05, 0.1) is 11.8 Å². The smallest absolute Gasteiger partial charge is 0.329 e. The van der Waals surface area contributed by atoms with Gasteiger partial charge in [0.25, 0.3) is 5.91 Å². The summed E-state index contributed by atoms with van der Waals surface area (Å²) in [5.41, 5.74) is 0.923. The number of likely N-dealkylation sites (tertiary alicyclic amines) is 1. The largest absolute Gasteiger partial charge is 0.451 e. The molecule has 0 bridgehead atoms. The molecule has 1 aromatic carbocycles. The number of ether oxygens (including phenoxy) is 1. The van der Waals surface area contributed by atoms with Crippen LogP contribution in [0.4, 0.5) is 0 Å². The van der Waals surface area contributed by atoms with E-state index in [4.69, 9.17) is 4.74 Å². The minimum absolute atomic E-state index is 0.316. The van der Waals surface area contributed by atoms with Crippen LogP contribution < -0.4 is 5.32 Å². The van der Waals surface area contributed by atoms with Crippen LogP contribution in [-0.2, 0) is 30.5 Å². The fraction of sp³-hybridized carbons (Fsp3) is 0.429. The maximum Gasteiger partial charge on any atom is 0.329 e. The average Bonchev–Trinajstić information content (AvgIpc) is 2.97. The van der Waals surface area contributed by atoms with Crippen LogP contribution in [0.1, 0.15) is 32.3 Å². The van der Waals surface area contributed by atoms with Crippen molar-refractivity contribution in [1.29, 1.82) is 0 Å². The Morgan fingerprint density at radius 2 is 1.64 bits per heavy atom. The summed E-state index contributed by atoms with van der Waals surface area (Å²) in [6.45, 7) is 3.23. The van der Waals surface area contributed by atoms with E-state index in [0.717, 1.165) is 10.5 Å². The number of allylic oxidation sites excluding steroid dienone is 2. The SMILES string of the molecule is C[C@H](C(=O)O[C@H](C)C(=O)NCc1ccccc1)N1C(=O)[C@H]2CC=CC[C@H]2C1=O. The molecule has 0 unspecified atom stereocenters. The topological polar surface area (TPSA) is 92.8 Å². The standard InChI is InChI=1S/C21H24N2O5/c1-13(23-19(25)16-10-6-7-11-17(16)20(23)26)21(27)28-14(2)18(24)22-12-15-8-4-3-5-9-15/h3-9,13-14,16-17H,10-12H2,1-2H3,(H,22,24)/t13-,14-,16-,17+/m1/s1. The zero-order valence-electron chi connectivity index (χ0n) is 16.0. The summed E-state index contributed by atoms with van der Waals surface area (Å²) < 4.78 is 5.21. The van der Waals surface area contributed by atoms with Crippen LogP contribution in [0.25, 0.3) is 0 Å². The lowest BCUT2D eigenvalue weighted by Crippen LogP contribution is -2.46. The first-order chi connectivity index (χ1) is 13.4. The van der Waals surface area contributed by atoms with Gasteiger partial charge in [0.1, 0.15) is 6.04 Å². The highest BCUT2D eigenvalue weighted by Crippen LogP contribution is 2.36. The first-order valence-corrected chi connectivity index (χ1v) is 9.44. The normalized spacial score (nSPS) is 23.1. The molecule has 1 fully saturated rings. The predicted molar refractivity (Wildman–Crippen MR) is 101 cm³/mol. The van der Waals surface area contributed by atoms with E-state index in [2.05, 4.69) is 5.32 Å². The number of hydrogen-bond acceptors (Lipinski definition) is 5. The van der Waals surface area contributed by atoms with Crippen molar-refractivity contribution in [3.63, 3.8) is 0 Å². The van der Waals surface area contributed by atoms with Gasteiger partial charge >= 0.3 is 5.97 Å². The molecule has 1 aromatic rings. The quantitative estimate of drug-likeness (QED) is 0.457. The Labute approximate surface area is 163 Å². The molecule has 0 aromatic heterocycles. The molecule has 1 N–H and O–H groups in total. The minimum atomic E-state index is -1.06. The van der Waals surface area contributed by atoms with E-state index in [9.17, 15) is 19.2 Å². The van der Waals surface area contributed by atoms with Gasteiger partial charge in [-0.15, -0.1) is 0 Å². The number of esters is 1. The molecule has 1 heterocycles. The van der Waals surface area contributed by atoms with Gasteiger partial charge < -0.3 is 10.1 Å². The lowest BCUT2D eigenvalue weighted by atomic mass is 9.85. The molecule has 2 aliphatic rings. The fourth-order valence-electron chi connectivity index (χ4n) is 3.57. The van der Waals surface area contributed by atoms with E-state index in [1.165, 1.54) is 13.8 Å². The Balaban J connectivity index is 1.55. The molecule has 0 saturated carbocycles. The van der Waals surface area contributed by atoms with Crippen molar-refractivity contribution in [3.8, 4) is 0 Å². The average molecular weight is 384 g/mol. The van der Waals surface area contributed by atoms with Crippen molar-refractivity contribution in [2.24, 2.45) is 11.8 Å². The summed E-state index contributed by atoms with van der Waals surface area (Å²) in [6.07, 6.45) is 3.75. The van der Waals surface area contributed by atoms with Gasteiger partial charge in [0, 0.05) is 6.54 Å². The van der Waals surface area contributed by atoms with E-state index in [1.807, 2.05) is 42.5 Å². The summed E-state index contributed by atoms with van der Waals surface area (Å²) in [5.74, 6) is -2.70. The van der Waals surface area contributed by atoms with Crippen LogP contribution in [0.2, 0.25) is 0 Å². The summed E-state index contributed by atoms with van der Waals surface area (Å²) >= 11 is 0. The third-order valence-corrected chi connectivity index (χ3v) is 5.24. The van der Waals surface area contributed by atoms with Gasteiger partial charge in [-0.1, -0.05) is 42.5 Å². The van der Waals surface area contributed by atoms with Crippen LogP contribution in [0.15, 0.2) is 42.5 Å². The second-order valence-electron chi connectivity index (χ2n) is 7.16. The van der Waals surface area contributed by atoms with Gasteiger partial charge in [0.15, 0.2) is 6.10 Å². The number of fused-ring (bicyclic) bond motifs is 1. The van der Waals surface area contributed by atoms with E-state index in [1.54, 1.807) is 0 Å². The highest BCUT2D eigenvalue weighted by atomic mass is 16.5. The molecule has 3 rings (SSSR count). The highest BCUT2D eigenvalue weighted by Gasteiger charge is 2.50. The second-order valence-corrected chi connectivity index (χ2v) is 7.16. The molecule has 3 amide bonds. The number of nitrogens with zero attached hydrogens (tertiary/aromatic N) is 1. The number of nitrogens with one attached hydrogen (secondary N) is 1. The van der Waals surface area contributed by atoms with Gasteiger partial charge in [-0.25, -0.2) is 4.79 Å². The van der Waals surface area contributed by atoms with Crippen LogP contribution >= 0.6 is 0 Å². The zero-order chi connectivity index (χ0) is 20.3. The molecule has 7 heteroatoms. The summed E-state index contributed by atoms with van der Waals surface area (Å²) in [5, 5.41) is 2.70. The Kier molecular flexibility index (Phi) is 5.92. The molecule has 0 radical (unpaired) electrons. The maximum absolute atomic E-state index is 12.6. The number of hydrogen-bond donors (Lipinski definition) is 1. The summed E-state index contributed by atoms with van der Waals surface area (Å²) in [6, 6.07) is 8.29. The lowest BCUT2D eigenvalue weighted by Gasteiger charge is -2.23. The van der Waals surface area contributed by atoms with E-state index in [0.29, 0.717) is 19.4 Å². The van der Waals surface area contributed by atoms with Gasteiger partial charge in [0.2, 0.25) is 11.8 Å². The zero-order valence-corrected chi connectivity index (χ0v) is 16.0. The summed E-state index contributed by atoms with van der Waals surface area (Å²) in [4.78, 5) is 50.8. The van der Waals surface area contributed by atoms with E-state index < -0.39 is 35.9 Å². The number of benzene rings is 1. The summed E-state index contributed by atoms with van der Waals surface area (Å²) in [7, 11) is 0. The molecule has 148 valence electrons. The molecule has 0 spiro atoms. The van der Waals surface area contributed by atoms with Crippen LogP contribution in [0.3, 0.4) is 0 Å². The molecular weight excluding hydrogens is 360 g/mol. The molecule has 7 nitrogen and oxygen atoms in total. The van der Waals surface area contributed by atoms with Gasteiger partial charge in [-0.05, 0) is 32.3 Å². The van der Waals surface area contributed by atoms with Crippen molar-refractivity contribution in [3.05, 3.63) is 48.0 Å². The molecule has 1 aliphatic carbocycles. The molecule has 28 heavy (non-hydrogen) atoms. The second kappa shape index (κ2) is 8.37. The van der Waals surface area contributed by atoms with Gasteiger partial charge in [-0.2, -0.15) is 0 Å². The molecular formula is C21H24N2O5. The van der Waals surface area contributed by atoms with E-state index in [-0.39, 0.29) is 11.8 Å². The number of imide groups is 1. The molecule has 1 aliphatic heterocycles. The van der Waals surface area contributed by atoms with Gasteiger partial charge in [-0.3, -0.25) is 19.3 Å². The number of amides is 3. The predicted octanol–water partition coefficient (Wildman–Crippen LogP) is 1.57.